The molecular formula is C13H18ClNO3. The van der Waals surface area contributed by atoms with E-state index in [0.717, 1.165) is 25.0 Å². The normalized spacial score (nSPS) is 19.6. The molecule has 1 saturated heterocycles. The van der Waals surface area contributed by atoms with Crippen molar-refractivity contribution in [3.8, 4) is 11.5 Å². The largest absolute Gasteiger partial charge is 0.493 e. The van der Waals surface area contributed by atoms with Crippen molar-refractivity contribution in [2.24, 2.45) is 5.73 Å². The van der Waals surface area contributed by atoms with Crippen molar-refractivity contribution in [3.63, 3.8) is 0 Å². The van der Waals surface area contributed by atoms with Crippen molar-refractivity contribution in [1.29, 1.82) is 0 Å². The van der Waals surface area contributed by atoms with Gasteiger partial charge in [0.2, 0.25) is 0 Å². The van der Waals surface area contributed by atoms with Crippen LogP contribution in [0.1, 0.15) is 18.4 Å². The lowest BCUT2D eigenvalue weighted by atomic mass is 10.1. The topological polar surface area (TPSA) is 53.7 Å². The molecule has 100 valence electrons. The van der Waals surface area contributed by atoms with Gasteiger partial charge in [-0.2, -0.15) is 0 Å². The lowest BCUT2D eigenvalue weighted by Gasteiger charge is -2.25. The van der Waals surface area contributed by atoms with Crippen molar-refractivity contribution in [2.75, 3.05) is 20.3 Å². The highest BCUT2D eigenvalue weighted by molar-refractivity contribution is 6.32. The Morgan fingerprint density at radius 1 is 1.50 bits per heavy atom. The summed E-state index contributed by atoms with van der Waals surface area (Å²) in [5.74, 6) is 1.19. The standard InChI is InChI=1S/C13H18ClNO3/c1-16-12-6-9(7-15)5-11(14)13(12)18-10-3-2-4-17-8-10/h5-6,10H,2-4,7-8,15H2,1H3. The van der Waals surface area contributed by atoms with Gasteiger partial charge in [0.15, 0.2) is 11.5 Å². The molecule has 0 aromatic heterocycles. The van der Waals surface area contributed by atoms with E-state index >= 15 is 0 Å². The zero-order valence-corrected chi connectivity index (χ0v) is 11.2. The predicted octanol–water partition coefficient (Wildman–Crippen LogP) is 2.37. The molecule has 4 nitrogen and oxygen atoms in total. The van der Waals surface area contributed by atoms with Gasteiger partial charge < -0.3 is 19.9 Å². The van der Waals surface area contributed by atoms with E-state index in [4.69, 9.17) is 31.5 Å². The van der Waals surface area contributed by atoms with Crippen LogP contribution in [0, 0.1) is 0 Å². The molecule has 0 bridgehead atoms. The van der Waals surface area contributed by atoms with Crippen LogP contribution < -0.4 is 15.2 Å². The van der Waals surface area contributed by atoms with Crippen LogP contribution in [0.15, 0.2) is 12.1 Å². The second-order valence-corrected chi connectivity index (χ2v) is 4.68. The monoisotopic (exact) mass is 271 g/mol. The first-order chi connectivity index (χ1) is 8.74. The Bertz CT molecular complexity index is 405. The minimum Gasteiger partial charge on any atom is -0.493 e. The molecule has 1 atom stereocenters. The molecule has 1 aromatic rings. The molecule has 0 spiro atoms. The quantitative estimate of drug-likeness (QED) is 0.913. The van der Waals surface area contributed by atoms with Gasteiger partial charge in [-0.15, -0.1) is 0 Å². The molecule has 1 aliphatic heterocycles. The number of benzene rings is 1. The van der Waals surface area contributed by atoms with E-state index in [1.807, 2.05) is 12.1 Å². The van der Waals surface area contributed by atoms with Gasteiger partial charge >= 0.3 is 0 Å². The Balaban J connectivity index is 2.19. The fraction of sp³-hybridized carbons (Fsp3) is 0.538. The van der Waals surface area contributed by atoms with Crippen molar-refractivity contribution >= 4 is 11.6 Å². The molecule has 0 radical (unpaired) electrons. The molecule has 0 saturated carbocycles. The molecular weight excluding hydrogens is 254 g/mol. The van der Waals surface area contributed by atoms with E-state index < -0.39 is 0 Å². The Morgan fingerprint density at radius 3 is 2.94 bits per heavy atom. The zero-order valence-electron chi connectivity index (χ0n) is 10.4. The first-order valence-corrected chi connectivity index (χ1v) is 6.43. The van der Waals surface area contributed by atoms with Crippen molar-refractivity contribution in [1.82, 2.24) is 0 Å². The van der Waals surface area contributed by atoms with Gasteiger partial charge in [0.1, 0.15) is 6.10 Å². The van der Waals surface area contributed by atoms with Crippen LogP contribution in [0.5, 0.6) is 11.5 Å². The van der Waals surface area contributed by atoms with Gasteiger partial charge in [0.05, 0.1) is 18.7 Å². The average Bonchev–Trinajstić information content (AvgIpc) is 2.42. The fourth-order valence-corrected chi connectivity index (χ4v) is 2.25. The first kappa shape index (κ1) is 13.5. The lowest BCUT2D eigenvalue weighted by molar-refractivity contribution is 0.00648. The number of hydrogen-bond acceptors (Lipinski definition) is 4. The predicted molar refractivity (Wildman–Crippen MR) is 70.4 cm³/mol. The van der Waals surface area contributed by atoms with Crippen molar-refractivity contribution in [3.05, 3.63) is 22.7 Å². The summed E-state index contributed by atoms with van der Waals surface area (Å²) in [5.41, 5.74) is 6.52. The van der Waals surface area contributed by atoms with Crippen LogP contribution in [0.2, 0.25) is 5.02 Å². The Labute approximate surface area is 112 Å². The molecule has 0 aliphatic carbocycles. The summed E-state index contributed by atoms with van der Waals surface area (Å²) in [7, 11) is 1.59. The smallest absolute Gasteiger partial charge is 0.180 e. The summed E-state index contributed by atoms with van der Waals surface area (Å²) in [4.78, 5) is 0. The van der Waals surface area contributed by atoms with Crippen molar-refractivity contribution < 1.29 is 14.2 Å². The number of hydrogen-bond donors (Lipinski definition) is 1. The van der Waals surface area contributed by atoms with Crippen molar-refractivity contribution in [2.45, 2.75) is 25.5 Å². The number of ether oxygens (including phenoxy) is 3. The molecule has 2 rings (SSSR count). The highest BCUT2D eigenvalue weighted by atomic mass is 35.5. The molecule has 1 aromatic carbocycles. The maximum absolute atomic E-state index is 6.21. The number of rotatable bonds is 4. The summed E-state index contributed by atoms with van der Waals surface area (Å²) in [6.07, 6.45) is 2.01. The van der Waals surface area contributed by atoms with E-state index in [-0.39, 0.29) is 6.10 Å². The Kier molecular flexibility index (Phi) is 4.69. The van der Waals surface area contributed by atoms with Crippen LogP contribution in [0.25, 0.3) is 0 Å². The Morgan fingerprint density at radius 2 is 2.33 bits per heavy atom. The minimum atomic E-state index is 0.0360. The number of nitrogens with two attached hydrogens (primary N) is 1. The van der Waals surface area contributed by atoms with Gasteiger partial charge in [-0.25, -0.2) is 0 Å². The second-order valence-electron chi connectivity index (χ2n) is 4.27. The molecule has 1 heterocycles. The van der Waals surface area contributed by atoms with E-state index in [9.17, 15) is 0 Å². The van der Waals surface area contributed by atoms with Crippen LogP contribution >= 0.6 is 11.6 Å². The minimum absolute atomic E-state index is 0.0360. The van der Waals surface area contributed by atoms with Crippen LogP contribution in [0.3, 0.4) is 0 Å². The first-order valence-electron chi connectivity index (χ1n) is 6.05. The molecule has 1 fully saturated rings. The molecule has 1 unspecified atom stereocenters. The molecule has 2 N–H and O–H groups in total. The molecule has 18 heavy (non-hydrogen) atoms. The van der Waals surface area contributed by atoms with E-state index in [1.54, 1.807) is 7.11 Å². The highest BCUT2D eigenvalue weighted by Crippen LogP contribution is 2.37. The van der Waals surface area contributed by atoms with Gasteiger partial charge in [-0.1, -0.05) is 11.6 Å². The van der Waals surface area contributed by atoms with Crippen LogP contribution in [-0.4, -0.2) is 26.4 Å². The Hall–Kier alpha value is -0.970. The lowest BCUT2D eigenvalue weighted by Crippen LogP contribution is -2.28. The summed E-state index contributed by atoms with van der Waals surface area (Å²) in [6, 6.07) is 3.66. The summed E-state index contributed by atoms with van der Waals surface area (Å²) < 4.78 is 16.6. The van der Waals surface area contributed by atoms with Gasteiger partial charge in [-0.3, -0.25) is 0 Å². The van der Waals surface area contributed by atoms with E-state index in [2.05, 4.69) is 0 Å². The summed E-state index contributed by atoms with van der Waals surface area (Å²) in [5, 5.41) is 0.528. The van der Waals surface area contributed by atoms with Gasteiger partial charge in [0, 0.05) is 13.2 Å². The molecule has 0 amide bonds. The number of halogens is 1. The van der Waals surface area contributed by atoms with Crippen LogP contribution in [0.4, 0.5) is 0 Å². The van der Waals surface area contributed by atoms with E-state index in [1.165, 1.54) is 0 Å². The average molecular weight is 272 g/mol. The third-order valence-corrected chi connectivity index (χ3v) is 3.21. The zero-order chi connectivity index (χ0) is 13.0. The SMILES string of the molecule is COc1cc(CN)cc(Cl)c1OC1CCCOC1. The van der Waals surface area contributed by atoms with Crippen LogP contribution in [-0.2, 0) is 11.3 Å². The summed E-state index contributed by atoms with van der Waals surface area (Å²) >= 11 is 6.21. The molecule has 5 heteroatoms. The molecule has 1 aliphatic rings. The fourth-order valence-electron chi connectivity index (χ4n) is 1.98. The third kappa shape index (κ3) is 3.07. The maximum atomic E-state index is 6.21. The van der Waals surface area contributed by atoms with E-state index in [0.29, 0.717) is 29.7 Å². The second kappa shape index (κ2) is 6.27. The van der Waals surface area contributed by atoms with Gasteiger partial charge in [-0.05, 0) is 30.5 Å². The van der Waals surface area contributed by atoms with Gasteiger partial charge in [0.25, 0.3) is 0 Å². The maximum Gasteiger partial charge on any atom is 0.180 e. The third-order valence-electron chi connectivity index (χ3n) is 2.93. The number of methoxy groups -OCH3 is 1. The summed E-state index contributed by atoms with van der Waals surface area (Å²) in [6.45, 7) is 1.82. The highest BCUT2D eigenvalue weighted by Gasteiger charge is 2.20.